The van der Waals surface area contributed by atoms with Crippen LogP contribution < -0.4 is 0 Å². The van der Waals surface area contributed by atoms with E-state index in [4.69, 9.17) is 25.9 Å². The van der Waals surface area contributed by atoms with Crippen LogP contribution in [0.2, 0.25) is 0 Å². The molecule has 0 aliphatic rings. The first-order valence-corrected chi connectivity index (χ1v) is 5.36. The van der Waals surface area contributed by atoms with Crippen molar-refractivity contribution in [2.75, 3.05) is 0 Å². The minimum atomic E-state index is -6.09. The van der Waals surface area contributed by atoms with Gasteiger partial charge in [0.2, 0.25) is 0 Å². The molecule has 1 radical (unpaired) electrons. The van der Waals surface area contributed by atoms with Crippen molar-refractivity contribution in [1.82, 2.24) is 0 Å². The molecule has 0 aromatic heterocycles. The van der Waals surface area contributed by atoms with Gasteiger partial charge in [0.05, 0.1) is 0 Å². The molecule has 16 heteroatoms. The van der Waals surface area contributed by atoms with Crippen LogP contribution in [0.1, 0.15) is 0 Å². The fourth-order valence-electron chi connectivity index (χ4n) is 0. The molecule has 111 valence electrons. The van der Waals surface area contributed by atoms with E-state index in [0.717, 1.165) is 0 Å². The summed E-state index contributed by atoms with van der Waals surface area (Å²) in [7, 11) is -12.2. The number of hydrogen-bond donors (Lipinski definition) is 0. The Balaban J connectivity index is -0.0000000980. The summed E-state index contributed by atoms with van der Waals surface area (Å²) in [5.41, 5.74) is -11.3. The molecule has 0 spiro atoms. The van der Waals surface area contributed by atoms with Crippen molar-refractivity contribution in [2.24, 2.45) is 0 Å². The molecule has 0 aromatic carbocycles. The average molecular weight is 516 g/mol. The number of hydrogen-bond acceptors (Lipinski definition) is 6. The van der Waals surface area contributed by atoms with Crippen molar-refractivity contribution in [3.05, 3.63) is 0 Å². The average Bonchev–Trinajstić information content (AvgIpc) is 1.77. The van der Waals surface area contributed by atoms with Gasteiger partial charge in [0.1, 0.15) is 0 Å². The Morgan fingerprint density at radius 3 is 0.722 bits per heavy atom. The molecule has 0 atom stereocenters. The van der Waals surface area contributed by atoms with Crippen molar-refractivity contribution in [2.45, 2.75) is 11.0 Å². The van der Waals surface area contributed by atoms with Gasteiger partial charge in [-0.05, 0) is 0 Å². The van der Waals surface area contributed by atoms with Gasteiger partial charge in [-0.25, -0.2) is 16.8 Å². The molecule has 0 saturated heterocycles. The Bertz CT molecular complexity index is 380. The summed E-state index contributed by atoms with van der Waals surface area (Å²) in [5.74, 6) is 0. The third kappa shape index (κ3) is 12.8. The molecule has 0 unspecified atom stereocenters. The molecule has 0 amide bonds. The normalized spacial score (nSPS) is 12.4. The first-order valence-electron chi connectivity index (χ1n) is 2.54. The molecular weight excluding hydrogens is 516 g/mol. The molecule has 0 aromatic rings. The van der Waals surface area contributed by atoms with E-state index in [-0.39, 0.29) is 72.8 Å². The first-order chi connectivity index (χ1) is 6.50. The van der Waals surface area contributed by atoms with Crippen LogP contribution >= 0.6 is 0 Å². The predicted octanol–water partition coefficient (Wildman–Crippen LogP) is 0.100. The minimum Gasteiger partial charge on any atom is -0.741 e. The van der Waals surface area contributed by atoms with Gasteiger partial charge < -0.3 is 9.11 Å². The summed E-state index contributed by atoms with van der Waals surface area (Å²) in [6.07, 6.45) is 0. The zero-order chi connectivity index (χ0) is 14.0. The van der Waals surface area contributed by atoms with Crippen LogP contribution in [-0.2, 0) is 46.1 Å². The third-order valence-corrected chi connectivity index (χ3v) is 1.70. The molecule has 0 N–H and O–H groups in total. The number of halogens is 6. The zero-order valence-corrected chi connectivity index (χ0v) is 12.5. The predicted molar refractivity (Wildman–Crippen MR) is 31.5 cm³/mol. The fraction of sp³-hybridized carbons (Fsp3) is 1.00. The molecule has 0 bridgehead atoms. The standard InChI is InChI=1S/2CHF3O3S.Sc.Yb/c2*2-1(3,4)8(5,6)7;;/h2*(H,5,6,7);;/q;;2*+3/p-2. The molecule has 0 heterocycles. The van der Waals surface area contributed by atoms with Gasteiger partial charge in [-0.15, -0.1) is 0 Å². The topological polar surface area (TPSA) is 114 Å². The van der Waals surface area contributed by atoms with Gasteiger partial charge >= 0.3 is 83.8 Å². The second-order valence-corrected chi connectivity index (χ2v) is 4.54. The second-order valence-electron chi connectivity index (χ2n) is 1.80. The Kier molecular flexibility index (Phi) is 13.9. The van der Waals surface area contributed by atoms with Crippen molar-refractivity contribution < 1.29 is 125 Å². The maximum Gasteiger partial charge on any atom is 3.00 e. The molecular formula is C2F6O6S2ScYb+4. The Labute approximate surface area is 154 Å². The van der Waals surface area contributed by atoms with Gasteiger partial charge in [-0.1, -0.05) is 0 Å². The van der Waals surface area contributed by atoms with Crippen LogP contribution in [0.4, 0.5) is 26.3 Å². The Morgan fingerprint density at radius 2 is 0.722 bits per heavy atom. The maximum absolute atomic E-state index is 10.7. The monoisotopic (exact) mass is 517 g/mol. The van der Waals surface area contributed by atoms with Crippen LogP contribution in [0.3, 0.4) is 0 Å². The first kappa shape index (κ1) is 28.0. The quantitative estimate of drug-likeness (QED) is 0.257. The second kappa shape index (κ2) is 8.94. The van der Waals surface area contributed by atoms with Crippen molar-refractivity contribution in [3.8, 4) is 0 Å². The largest absolute Gasteiger partial charge is 3.00 e. The molecule has 0 fully saturated rings. The fourth-order valence-corrected chi connectivity index (χ4v) is 0. The van der Waals surface area contributed by atoms with Crippen molar-refractivity contribution in [3.63, 3.8) is 0 Å². The SMILES string of the molecule is O=S(=O)([O-])C(F)(F)F.O=S(=O)([O-])C(F)(F)F.[Sc+3].[Yb+3]. The van der Waals surface area contributed by atoms with Crippen LogP contribution in [0.5, 0.6) is 0 Å². The van der Waals surface area contributed by atoms with Gasteiger partial charge in [0.15, 0.2) is 20.2 Å². The summed E-state index contributed by atoms with van der Waals surface area (Å²) in [4.78, 5) is 0. The minimum absolute atomic E-state index is 0. The summed E-state index contributed by atoms with van der Waals surface area (Å²) < 4.78 is 118. The zero-order valence-electron chi connectivity index (χ0n) is 7.38. The van der Waals surface area contributed by atoms with Crippen molar-refractivity contribution in [1.29, 1.82) is 0 Å². The summed E-state index contributed by atoms with van der Waals surface area (Å²) in [6, 6.07) is 0. The van der Waals surface area contributed by atoms with Crippen LogP contribution in [0.15, 0.2) is 0 Å². The number of alkyl halides is 6. The van der Waals surface area contributed by atoms with Crippen LogP contribution in [0, 0.1) is 46.9 Å². The van der Waals surface area contributed by atoms with E-state index in [1.165, 1.54) is 0 Å². The van der Waals surface area contributed by atoms with E-state index >= 15 is 0 Å². The van der Waals surface area contributed by atoms with E-state index in [1.807, 2.05) is 0 Å². The van der Waals surface area contributed by atoms with Crippen LogP contribution in [0.25, 0.3) is 0 Å². The molecule has 6 nitrogen and oxygen atoms in total. The number of rotatable bonds is 0. The van der Waals surface area contributed by atoms with Gasteiger partial charge in [-0.3, -0.25) is 0 Å². The third-order valence-electron chi connectivity index (χ3n) is 0.567. The van der Waals surface area contributed by atoms with Gasteiger partial charge in [-0.2, -0.15) is 26.3 Å². The van der Waals surface area contributed by atoms with Gasteiger partial charge in [0, 0.05) is 0 Å². The van der Waals surface area contributed by atoms with E-state index in [1.54, 1.807) is 0 Å². The van der Waals surface area contributed by atoms with Gasteiger partial charge in [0.25, 0.3) is 0 Å². The van der Waals surface area contributed by atoms with E-state index < -0.39 is 31.3 Å². The molecule has 0 rings (SSSR count). The van der Waals surface area contributed by atoms with E-state index in [0.29, 0.717) is 0 Å². The Hall–Kier alpha value is 1.79. The smallest absolute Gasteiger partial charge is 0.741 e. The van der Waals surface area contributed by atoms with E-state index in [9.17, 15) is 26.3 Å². The maximum atomic E-state index is 10.7. The summed E-state index contributed by atoms with van der Waals surface area (Å²) >= 11 is 0. The molecule has 0 aliphatic heterocycles. The van der Waals surface area contributed by atoms with Crippen LogP contribution in [-0.4, -0.2) is 37.0 Å². The summed E-state index contributed by atoms with van der Waals surface area (Å²) in [5, 5.41) is 0. The molecule has 0 saturated carbocycles. The Morgan fingerprint density at radius 1 is 0.667 bits per heavy atom. The molecule has 0 aliphatic carbocycles. The molecule has 18 heavy (non-hydrogen) atoms. The van der Waals surface area contributed by atoms with E-state index in [2.05, 4.69) is 0 Å². The van der Waals surface area contributed by atoms with Crippen molar-refractivity contribution >= 4 is 20.2 Å². The summed E-state index contributed by atoms with van der Waals surface area (Å²) in [6.45, 7) is 0.